The van der Waals surface area contributed by atoms with Crippen molar-refractivity contribution in [1.82, 2.24) is 9.88 Å². The van der Waals surface area contributed by atoms with Crippen LogP contribution in [-0.2, 0) is 6.42 Å². The predicted molar refractivity (Wildman–Crippen MR) is 85.7 cm³/mol. The molecule has 1 aliphatic rings. The highest BCUT2D eigenvalue weighted by Gasteiger charge is 2.29. The van der Waals surface area contributed by atoms with Crippen molar-refractivity contribution in [2.45, 2.75) is 38.6 Å². The van der Waals surface area contributed by atoms with Crippen LogP contribution >= 0.6 is 11.3 Å². The molecule has 110 valence electrons. The van der Waals surface area contributed by atoms with Crippen LogP contribution in [0.3, 0.4) is 0 Å². The van der Waals surface area contributed by atoms with E-state index in [1.807, 2.05) is 29.9 Å². The van der Waals surface area contributed by atoms with Crippen LogP contribution in [0.25, 0.3) is 0 Å². The smallest absolute Gasteiger partial charge is 0.254 e. The zero-order valence-electron chi connectivity index (χ0n) is 12.3. The molecular formula is C17H20N2OS. The molecule has 3 rings (SSSR count). The van der Waals surface area contributed by atoms with Crippen LogP contribution < -0.4 is 0 Å². The number of aromatic nitrogens is 1. The summed E-state index contributed by atoms with van der Waals surface area (Å²) in [4.78, 5) is 18.8. The lowest BCUT2D eigenvalue weighted by Crippen LogP contribution is -2.35. The number of nitrogens with zero attached hydrogens (tertiary/aromatic N) is 2. The molecule has 0 bridgehead atoms. The SMILES string of the molecule is Cc1cc(CC[C@H]2CCCN2C(=O)c2ccsc2)ccn1. The summed E-state index contributed by atoms with van der Waals surface area (Å²) in [7, 11) is 0. The Morgan fingerprint density at radius 2 is 2.38 bits per heavy atom. The van der Waals surface area contributed by atoms with Crippen LogP contribution in [0.4, 0.5) is 0 Å². The van der Waals surface area contributed by atoms with Crippen molar-refractivity contribution in [1.29, 1.82) is 0 Å². The van der Waals surface area contributed by atoms with Gasteiger partial charge in [-0.15, -0.1) is 0 Å². The van der Waals surface area contributed by atoms with Crippen molar-refractivity contribution in [2.24, 2.45) is 0 Å². The lowest BCUT2D eigenvalue weighted by molar-refractivity contribution is 0.0731. The average Bonchev–Trinajstić information content (AvgIpc) is 3.16. The monoisotopic (exact) mass is 300 g/mol. The lowest BCUT2D eigenvalue weighted by Gasteiger charge is -2.24. The molecular weight excluding hydrogens is 280 g/mol. The molecule has 0 unspecified atom stereocenters. The molecule has 0 aliphatic carbocycles. The summed E-state index contributed by atoms with van der Waals surface area (Å²) in [6.07, 6.45) is 6.17. The third-order valence-electron chi connectivity index (χ3n) is 4.13. The van der Waals surface area contributed by atoms with Crippen LogP contribution in [-0.4, -0.2) is 28.4 Å². The highest BCUT2D eigenvalue weighted by atomic mass is 32.1. The van der Waals surface area contributed by atoms with Crippen molar-refractivity contribution >= 4 is 17.2 Å². The Bertz CT molecular complexity index is 609. The Labute approximate surface area is 129 Å². The zero-order valence-corrected chi connectivity index (χ0v) is 13.1. The topological polar surface area (TPSA) is 33.2 Å². The summed E-state index contributed by atoms with van der Waals surface area (Å²) < 4.78 is 0. The van der Waals surface area contributed by atoms with E-state index in [2.05, 4.69) is 22.0 Å². The quantitative estimate of drug-likeness (QED) is 0.863. The molecule has 2 aromatic heterocycles. The minimum atomic E-state index is 0.199. The van der Waals surface area contributed by atoms with E-state index < -0.39 is 0 Å². The van der Waals surface area contributed by atoms with E-state index in [-0.39, 0.29) is 5.91 Å². The van der Waals surface area contributed by atoms with Crippen LogP contribution in [0.5, 0.6) is 0 Å². The molecule has 0 saturated carbocycles. The normalized spacial score (nSPS) is 18.1. The lowest BCUT2D eigenvalue weighted by atomic mass is 10.0. The van der Waals surface area contributed by atoms with Gasteiger partial charge in [-0.2, -0.15) is 11.3 Å². The van der Waals surface area contributed by atoms with Gasteiger partial charge in [0.25, 0.3) is 5.91 Å². The van der Waals surface area contributed by atoms with Crippen LogP contribution in [0.15, 0.2) is 35.2 Å². The number of rotatable bonds is 4. The fraction of sp³-hybridized carbons (Fsp3) is 0.412. The number of thiophene rings is 1. The first kappa shape index (κ1) is 14.3. The van der Waals surface area contributed by atoms with Gasteiger partial charge in [0.05, 0.1) is 5.56 Å². The average molecular weight is 300 g/mol. The number of carbonyl (C=O) groups is 1. The van der Waals surface area contributed by atoms with Crippen LogP contribution in [0.2, 0.25) is 0 Å². The second-order valence-electron chi connectivity index (χ2n) is 5.65. The molecule has 0 aromatic carbocycles. The maximum atomic E-state index is 12.5. The third kappa shape index (κ3) is 3.32. The van der Waals surface area contributed by atoms with Gasteiger partial charge in [0.2, 0.25) is 0 Å². The van der Waals surface area contributed by atoms with Gasteiger partial charge >= 0.3 is 0 Å². The highest BCUT2D eigenvalue weighted by molar-refractivity contribution is 7.08. The first-order valence-corrected chi connectivity index (χ1v) is 8.43. The molecule has 1 amide bonds. The zero-order chi connectivity index (χ0) is 14.7. The Morgan fingerprint density at radius 3 is 3.14 bits per heavy atom. The summed E-state index contributed by atoms with van der Waals surface area (Å²) >= 11 is 1.59. The molecule has 4 heteroatoms. The molecule has 0 radical (unpaired) electrons. The van der Waals surface area contributed by atoms with Gasteiger partial charge in [0, 0.05) is 29.9 Å². The van der Waals surface area contributed by atoms with Crippen molar-refractivity contribution in [2.75, 3.05) is 6.54 Å². The largest absolute Gasteiger partial charge is 0.336 e. The number of hydrogen-bond acceptors (Lipinski definition) is 3. The maximum absolute atomic E-state index is 12.5. The number of hydrogen-bond donors (Lipinski definition) is 0. The summed E-state index contributed by atoms with van der Waals surface area (Å²) in [5.41, 5.74) is 3.22. The van der Waals surface area contributed by atoms with Crippen molar-refractivity contribution in [3.63, 3.8) is 0 Å². The van der Waals surface area contributed by atoms with Gasteiger partial charge in [0.15, 0.2) is 0 Å². The van der Waals surface area contributed by atoms with Crippen LogP contribution in [0, 0.1) is 6.92 Å². The minimum Gasteiger partial charge on any atom is -0.336 e. The number of carbonyl (C=O) groups excluding carboxylic acids is 1. The Balaban J connectivity index is 1.63. The van der Waals surface area contributed by atoms with Gasteiger partial charge < -0.3 is 4.90 Å². The molecule has 0 N–H and O–H groups in total. The van der Waals surface area contributed by atoms with Gasteiger partial charge in [-0.1, -0.05) is 0 Å². The molecule has 1 atom stereocenters. The van der Waals surface area contributed by atoms with E-state index in [0.29, 0.717) is 6.04 Å². The number of amides is 1. The predicted octanol–water partition coefficient (Wildman–Crippen LogP) is 3.69. The van der Waals surface area contributed by atoms with Crippen molar-refractivity contribution < 1.29 is 4.79 Å². The third-order valence-corrected chi connectivity index (χ3v) is 4.82. The van der Waals surface area contributed by atoms with Gasteiger partial charge in [-0.05, 0) is 61.7 Å². The Morgan fingerprint density at radius 1 is 1.48 bits per heavy atom. The summed E-state index contributed by atoms with van der Waals surface area (Å²) in [6, 6.07) is 6.52. The fourth-order valence-electron chi connectivity index (χ4n) is 3.05. The van der Waals surface area contributed by atoms with Crippen molar-refractivity contribution in [3.05, 3.63) is 52.0 Å². The van der Waals surface area contributed by atoms with Gasteiger partial charge in [0.1, 0.15) is 0 Å². The van der Waals surface area contributed by atoms with Gasteiger partial charge in [-0.25, -0.2) is 0 Å². The number of pyridine rings is 1. The van der Waals surface area contributed by atoms with E-state index in [1.54, 1.807) is 11.3 Å². The molecule has 1 saturated heterocycles. The summed E-state index contributed by atoms with van der Waals surface area (Å²) in [5, 5.41) is 3.92. The summed E-state index contributed by atoms with van der Waals surface area (Å²) in [5.74, 6) is 0.199. The number of likely N-dealkylation sites (tertiary alicyclic amines) is 1. The first-order valence-electron chi connectivity index (χ1n) is 7.49. The second kappa shape index (κ2) is 6.39. The highest BCUT2D eigenvalue weighted by Crippen LogP contribution is 2.24. The fourth-order valence-corrected chi connectivity index (χ4v) is 3.68. The molecule has 3 heterocycles. The molecule has 0 spiro atoms. The van der Waals surface area contributed by atoms with Crippen LogP contribution in [0.1, 0.15) is 40.9 Å². The van der Waals surface area contributed by atoms with Crippen molar-refractivity contribution in [3.8, 4) is 0 Å². The molecule has 2 aromatic rings. The van der Waals surface area contributed by atoms with E-state index >= 15 is 0 Å². The van der Waals surface area contributed by atoms with E-state index in [9.17, 15) is 4.79 Å². The summed E-state index contributed by atoms with van der Waals surface area (Å²) in [6.45, 7) is 2.92. The first-order chi connectivity index (χ1) is 10.2. The Kier molecular flexibility index (Phi) is 4.34. The second-order valence-corrected chi connectivity index (χ2v) is 6.43. The number of aryl methyl sites for hydroxylation is 2. The minimum absolute atomic E-state index is 0.199. The molecule has 3 nitrogen and oxygen atoms in total. The van der Waals surface area contributed by atoms with Gasteiger partial charge in [-0.3, -0.25) is 9.78 Å². The van der Waals surface area contributed by atoms with E-state index in [1.165, 1.54) is 5.56 Å². The van der Waals surface area contributed by atoms with E-state index in [4.69, 9.17) is 0 Å². The molecule has 1 aliphatic heterocycles. The molecule has 21 heavy (non-hydrogen) atoms. The molecule has 1 fully saturated rings. The Hall–Kier alpha value is -1.68. The standard InChI is InChI=1S/C17H20N2OS/c1-13-11-14(6-8-18-13)4-5-16-3-2-9-19(16)17(20)15-7-10-21-12-15/h6-8,10-12,16H,2-5,9H2,1H3/t16-/m1/s1. The van der Waals surface area contributed by atoms with E-state index in [0.717, 1.165) is 43.5 Å². The maximum Gasteiger partial charge on any atom is 0.254 e.